The van der Waals surface area contributed by atoms with E-state index in [1.807, 2.05) is 4.90 Å². The Labute approximate surface area is 187 Å². The van der Waals surface area contributed by atoms with Crippen molar-refractivity contribution in [1.82, 2.24) is 15.0 Å². The van der Waals surface area contributed by atoms with Crippen molar-refractivity contribution in [1.29, 1.82) is 0 Å². The average molecular weight is 445 g/mol. The molecule has 0 saturated carbocycles. The van der Waals surface area contributed by atoms with Crippen LogP contribution in [0.5, 0.6) is 0 Å². The summed E-state index contributed by atoms with van der Waals surface area (Å²) in [5.74, 6) is 1.03. The first-order valence-corrected chi connectivity index (χ1v) is 11.7. The standard InChI is InChI=1S/C23H32N4O3S/c1-12(2)18-16-10-30-23(5,6)7-15(16)17-19-20(31-22(17)26-18)21(25-11-24-19)27(8-13(3)28)9-14(4)29/h11-14,28-29H,7-10H2,1-6H3. The molecule has 0 aromatic carbocycles. The van der Waals surface area contributed by atoms with Crippen molar-refractivity contribution in [3.05, 3.63) is 23.1 Å². The Morgan fingerprint density at radius 2 is 1.77 bits per heavy atom. The summed E-state index contributed by atoms with van der Waals surface area (Å²) >= 11 is 1.59. The molecule has 3 aromatic heterocycles. The Hall–Kier alpha value is -1.87. The molecule has 0 saturated heterocycles. The highest BCUT2D eigenvalue weighted by Gasteiger charge is 2.32. The van der Waals surface area contributed by atoms with Gasteiger partial charge in [-0.2, -0.15) is 0 Å². The predicted octanol–water partition coefficient (Wildman–Crippen LogP) is 3.78. The highest BCUT2D eigenvalue weighted by atomic mass is 32.1. The third kappa shape index (κ3) is 4.26. The van der Waals surface area contributed by atoms with Gasteiger partial charge in [-0.3, -0.25) is 0 Å². The average Bonchev–Trinajstić information content (AvgIpc) is 3.04. The molecule has 2 atom stereocenters. The van der Waals surface area contributed by atoms with Gasteiger partial charge in [-0.05, 0) is 39.2 Å². The maximum atomic E-state index is 10.0. The molecule has 3 aromatic rings. The Bertz CT molecular complexity index is 1100. The maximum Gasteiger partial charge on any atom is 0.150 e. The summed E-state index contributed by atoms with van der Waals surface area (Å²) in [6.45, 7) is 13.4. The van der Waals surface area contributed by atoms with E-state index in [2.05, 4.69) is 37.7 Å². The van der Waals surface area contributed by atoms with Gasteiger partial charge in [0, 0.05) is 30.5 Å². The van der Waals surface area contributed by atoms with Crippen LogP contribution in [0.15, 0.2) is 6.33 Å². The van der Waals surface area contributed by atoms with Crippen LogP contribution in [0.4, 0.5) is 5.82 Å². The van der Waals surface area contributed by atoms with E-state index in [4.69, 9.17) is 9.72 Å². The van der Waals surface area contributed by atoms with E-state index in [1.165, 1.54) is 11.1 Å². The first-order chi connectivity index (χ1) is 14.6. The van der Waals surface area contributed by atoms with Gasteiger partial charge in [0.25, 0.3) is 0 Å². The van der Waals surface area contributed by atoms with Crippen LogP contribution < -0.4 is 4.90 Å². The Morgan fingerprint density at radius 3 is 2.39 bits per heavy atom. The van der Waals surface area contributed by atoms with Gasteiger partial charge in [-0.25, -0.2) is 15.0 Å². The first kappa shape index (κ1) is 22.3. The molecule has 0 spiro atoms. The number of nitrogens with zero attached hydrogens (tertiary/aromatic N) is 4. The number of aromatic nitrogens is 3. The fraction of sp³-hybridized carbons (Fsp3) is 0.609. The van der Waals surface area contributed by atoms with Gasteiger partial charge < -0.3 is 19.8 Å². The van der Waals surface area contributed by atoms with Crippen LogP contribution in [0.1, 0.15) is 64.3 Å². The van der Waals surface area contributed by atoms with Crippen molar-refractivity contribution in [3.8, 4) is 0 Å². The molecule has 2 unspecified atom stereocenters. The number of fused-ring (bicyclic) bond motifs is 5. The summed E-state index contributed by atoms with van der Waals surface area (Å²) in [4.78, 5) is 17.2. The lowest BCUT2D eigenvalue weighted by atomic mass is 9.87. The van der Waals surface area contributed by atoms with E-state index in [0.717, 1.165) is 38.4 Å². The van der Waals surface area contributed by atoms with Crippen LogP contribution in [0.3, 0.4) is 0 Å². The molecule has 4 rings (SSSR count). The minimum absolute atomic E-state index is 0.246. The molecule has 1 aliphatic heterocycles. The number of anilines is 1. The molecule has 7 nitrogen and oxygen atoms in total. The highest BCUT2D eigenvalue weighted by Crippen LogP contribution is 2.43. The predicted molar refractivity (Wildman–Crippen MR) is 125 cm³/mol. The summed E-state index contributed by atoms with van der Waals surface area (Å²) in [5.41, 5.74) is 4.20. The van der Waals surface area contributed by atoms with Crippen LogP contribution in [0.2, 0.25) is 0 Å². The van der Waals surface area contributed by atoms with Gasteiger partial charge in [0.1, 0.15) is 17.0 Å². The van der Waals surface area contributed by atoms with E-state index in [-0.39, 0.29) is 5.60 Å². The first-order valence-electron chi connectivity index (χ1n) is 10.9. The van der Waals surface area contributed by atoms with Crippen molar-refractivity contribution in [2.24, 2.45) is 0 Å². The molecule has 0 aliphatic carbocycles. The second-order valence-electron chi connectivity index (χ2n) is 9.59. The molecule has 0 bridgehead atoms. The zero-order chi connectivity index (χ0) is 22.5. The number of aliphatic hydroxyl groups excluding tert-OH is 2. The number of hydrogen-bond donors (Lipinski definition) is 2. The lowest BCUT2D eigenvalue weighted by Gasteiger charge is -2.33. The summed E-state index contributed by atoms with van der Waals surface area (Å²) in [6, 6.07) is 0. The Morgan fingerprint density at radius 1 is 1.10 bits per heavy atom. The summed E-state index contributed by atoms with van der Waals surface area (Å²) in [6.07, 6.45) is 1.29. The van der Waals surface area contributed by atoms with E-state index < -0.39 is 12.2 Å². The van der Waals surface area contributed by atoms with Crippen molar-refractivity contribution >= 4 is 37.6 Å². The number of aliphatic hydroxyl groups is 2. The molecule has 1 aliphatic rings. The summed E-state index contributed by atoms with van der Waals surface area (Å²) in [7, 11) is 0. The molecular weight excluding hydrogens is 412 g/mol. The number of rotatable bonds is 6. The van der Waals surface area contributed by atoms with Crippen LogP contribution in [-0.4, -0.2) is 56.1 Å². The van der Waals surface area contributed by atoms with E-state index in [9.17, 15) is 10.2 Å². The third-order valence-electron chi connectivity index (χ3n) is 5.66. The van der Waals surface area contributed by atoms with Crippen LogP contribution >= 0.6 is 11.3 Å². The van der Waals surface area contributed by atoms with Gasteiger partial charge in [-0.1, -0.05) is 13.8 Å². The lowest BCUT2D eigenvalue weighted by molar-refractivity contribution is -0.0402. The van der Waals surface area contributed by atoms with Gasteiger partial charge in [0.15, 0.2) is 0 Å². The van der Waals surface area contributed by atoms with Gasteiger partial charge >= 0.3 is 0 Å². The fourth-order valence-corrected chi connectivity index (χ4v) is 5.59. The summed E-state index contributed by atoms with van der Waals surface area (Å²) in [5, 5.41) is 21.2. The topological polar surface area (TPSA) is 91.6 Å². The van der Waals surface area contributed by atoms with E-state index in [1.54, 1.807) is 31.5 Å². The number of hydrogen-bond acceptors (Lipinski definition) is 8. The zero-order valence-electron chi connectivity index (χ0n) is 19.1. The third-order valence-corrected chi connectivity index (χ3v) is 6.73. The molecule has 0 radical (unpaired) electrons. The molecule has 0 fully saturated rings. The quantitative estimate of drug-likeness (QED) is 0.598. The molecule has 4 heterocycles. The number of thiophene rings is 1. The minimum atomic E-state index is -0.547. The Kier molecular flexibility index (Phi) is 5.93. The van der Waals surface area contributed by atoms with E-state index >= 15 is 0 Å². The normalized spacial score (nSPS) is 17.8. The van der Waals surface area contributed by atoms with Gasteiger partial charge in [-0.15, -0.1) is 11.3 Å². The number of ether oxygens (including phenoxy) is 1. The van der Waals surface area contributed by atoms with Crippen LogP contribution in [0, 0.1) is 0 Å². The number of pyridine rings is 1. The smallest absolute Gasteiger partial charge is 0.150 e. The summed E-state index contributed by atoms with van der Waals surface area (Å²) < 4.78 is 7.08. The second-order valence-corrected chi connectivity index (χ2v) is 10.6. The van der Waals surface area contributed by atoms with Crippen molar-refractivity contribution < 1.29 is 14.9 Å². The maximum absolute atomic E-state index is 10.0. The monoisotopic (exact) mass is 444 g/mol. The SMILES string of the molecule is CC(O)CN(CC(C)O)c1ncnc2c1sc1nc(C(C)C)c3c(c12)CC(C)(C)OC3. The Balaban J connectivity index is 1.99. The zero-order valence-corrected chi connectivity index (χ0v) is 20.0. The molecule has 2 N–H and O–H groups in total. The minimum Gasteiger partial charge on any atom is -0.392 e. The van der Waals surface area contributed by atoms with Crippen molar-refractivity contribution in [2.75, 3.05) is 18.0 Å². The van der Waals surface area contributed by atoms with Crippen LogP contribution in [0.25, 0.3) is 20.4 Å². The van der Waals surface area contributed by atoms with Crippen molar-refractivity contribution in [2.45, 2.75) is 78.3 Å². The van der Waals surface area contributed by atoms with E-state index in [0.29, 0.717) is 25.6 Å². The fourth-order valence-electron chi connectivity index (χ4n) is 4.41. The molecule has 0 amide bonds. The van der Waals surface area contributed by atoms with Gasteiger partial charge in [0.05, 0.1) is 40.3 Å². The molecule has 31 heavy (non-hydrogen) atoms. The second kappa shape index (κ2) is 8.24. The molecule has 168 valence electrons. The lowest BCUT2D eigenvalue weighted by Crippen LogP contribution is -2.37. The molecule has 8 heteroatoms. The molecular formula is C23H32N4O3S. The largest absolute Gasteiger partial charge is 0.392 e. The van der Waals surface area contributed by atoms with Crippen LogP contribution in [-0.2, 0) is 17.8 Å². The highest BCUT2D eigenvalue weighted by molar-refractivity contribution is 7.26. The van der Waals surface area contributed by atoms with Gasteiger partial charge in [0.2, 0.25) is 0 Å². The van der Waals surface area contributed by atoms with Crippen molar-refractivity contribution in [3.63, 3.8) is 0 Å².